The fourth-order valence-corrected chi connectivity index (χ4v) is 5.65. The molecule has 0 unspecified atom stereocenters. The second-order valence-electron chi connectivity index (χ2n) is 10.2. The summed E-state index contributed by atoms with van der Waals surface area (Å²) in [5.74, 6) is 1.51. The largest absolute Gasteiger partial charge is 0.496 e. The highest BCUT2D eigenvalue weighted by atomic mass is 19.1. The molecular formula is C27H32F2N4O2. The van der Waals surface area contributed by atoms with Crippen LogP contribution in [0.15, 0.2) is 36.5 Å². The first-order valence-electron chi connectivity index (χ1n) is 12.6. The van der Waals surface area contributed by atoms with Gasteiger partial charge in [-0.3, -0.25) is 19.3 Å². The Labute approximate surface area is 204 Å². The van der Waals surface area contributed by atoms with Crippen molar-refractivity contribution in [2.45, 2.75) is 43.5 Å². The van der Waals surface area contributed by atoms with Gasteiger partial charge in [0.05, 0.1) is 31.5 Å². The molecular weight excluding hydrogens is 450 g/mol. The highest BCUT2D eigenvalue weighted by Crippen LogP contribution is 2.47. The van der Waals surface area contributed by atoms with Crippen LogP contribution < -0.4 is 9.47 Å². The number of nitrogens with zero attached hydrogens (tertiary/aromatic N) is 3. The minimum Gasteiger partial charge on any atom is -0.496 e. The lowest BCUT2D eigenvalue weighted by molar-refractivity contribution is 0.0183. The number of nitrogens with one attached hydrogen (secondary N) is 1. The first-order chi connectivity index (χ1) is 17.1. The summed E-state index contributed by atoms with van der Waals surface area (Å²) in [6.45, 7) is 3.33. The van der Waals surface area contributed by atoms with Crippen molar-refractivity contribution in [3.63, 3.8) is 0 Å². The summed E-state index contributed by atoms with van der Waals surface area (Å²) in [4.78, 5) is 4.47. The summed E-state index contributed by atoms with van der Waals surface area (Å²) in [7, 11) is 1.68. The molecule has 1 atom stereocenters. The highest BCUT2D eigenvalue weighted by Gasteiger charge is 2.47. The molecule has 2 aliphatic heterocycles. The van der Waals surface area contributed by atoms with Crippen molar-refractivity contribution in [2.75, 3.05) is 46.5 Å². The third-order valence-electron chi connectivity index (χ3n) is 7.69. The molecule has 1 aliphatic carbocycles. The molecule has 0 bridgehead atoms. The Kier molecular flexibility index (Phi) is 5.89. The number of benzene rings is 2. The van der Waals surface area contributed by atoms with E-state index in [1.165, 1.54) is 11.1 Å². The van der Waals surface area contributed by atoms with E-state index in [0.29, 0.717) is 25.8 Å². The second-order valence-corrected chi connectivity index (χ2v) is 10.2. The molecule has 3 aliphatic rings. The minimum atomic E-state index is -1.08. The van der Waals surface area contributed by atoms with Crippen LogP contribution in [0.2, 0.25) is 0 Å². The molecule has 0 spiro atoms. The molecule has 35 heavy (non-hydrogen) atoms. The Bertz CT molecular complexity index is 1210. The van der Waals surface area contributed by atoms with Gasteiger partial charge in [-0.05, 0) is 55.0 Å². The molecule has 0 radical (unpaired) electrons. The number of hydrogen-bond donors (Lipinski definition) is 1. The van der Waals surface area contributed by atoms with Gasteiger partial charge in [-0.15, -0.1) is 0 Å². The zero-order valence-electron chi connectivity index (χ0n) is 20.1. The monoisotopic (exact) mass is 482 g/mol. The van der Waals surface area contributed by atoms with E-state index < -0.39 is 5.67 Å². The molecule has 6 rings (SSSR count). The Morgan fingerprint density at radius 3 is 2.77 bits per heavy atom. The maximum absolute atomic E-state index is 15.0. The maximum atomic E-state index is 15.0. The van der Waals surface area contributed by atoms with Crippen LogP contribution in [-0.2, 0) is 6.42 Å². The number of ether oxygens (including phenoxy) is 2. The molecule has 3 aromatic rings. The third kappa shape index (κ3) is 4.38. The van der Waals surface area contributed by atoms with Gasteiger partial charge in [-0.1, -0.05) is 6.07 Å². The van der Waals surface area contributed by atoms with Crippen LogP contribution in [0.3, 0.4) is 0 Å². The molecule has 1 aromatic heterocycles. The zero-order valence-corrected chi connectivity index (χ0v) is 20.1. The molecule has 3 heterocycles. The van der Waals surface area contributed by atoms with Crippen molar-refractivity contribution in [3.8, 4) is 11.5 Å². The van der Waals surface area contributed by atoms with Crippen molar-refractivity contribution in [1.29, 1.82) is 0 Å². The predicted molar refractivity (Wildman–Crippen MR) is 131 cm³/mol. The number of halogens is 2. The molecule has 1 saturated heterocycles. The Morgan fingerprint density at radius 2 is 2.00 bits per heavy atom. The van der Waals surface area contributed by atoms with Crippen molar-refractivity contribution >= 4 is 10.9 Å². The molecule has 8 heteroatoms. The molecule has 1 N–H and O–H groups in total. The number of aromatic amines is 1. The average Bonchev–Trinajstić information content (AvgIpc) is 3.36. The van der Waals surface area contributed by atoms with Gasteiger partial charge in [-0.25, -0.2) is 4.39 Å². The fraction of sp³-hybridized carbons (Fsp3) is 0.519. The van der Waals surface area contributed by atoms with E-state index >= 15 is 0 Å². The summed E-state index contributed by atoms with van der Waals surface area (Å²) >= 11 is 0. The number of methoxy groups -OCH3 is 1. The average molecular weight is 483 g/mol. The fourth-order valence-electron chi connectivity index (χ4n) is 5.65. The standard InChI is InChI=1S/C27H32F2N4O2/c1-34-25-13-18(35-19-15-32(16-19)11-2-10-28)3-4-22(25)26-21-5-6-24-23(14-30-31-24)20(21)7-12-33(26)17-27(29)8-9-27/h3-6,13-14,19,26H,2,7-12,15-17H2,1H3,(H,30,31)/t26-/m0/s1. The van der Waals surface area contributed by atoms with E-state index in [2.05, 4.69) is 38.2 Å². The van der Waals surface area contributed by atoms with Crippen molar-refractivity contribution < 1.29 is 18.3 Å². The molecule has 0 amide bonds. The van der Waals surface area contributed by atoms with Crippen LogP contribution in [-0.4, -0.2) is 78.3 Å². The molecule has 6 nitrogen and oxygen atoms in total. The number of aromatic nitrogens is 2. The molecule has 186 valence electrons. The maximum Gasteiger partial charge on any atom is 0.127 e. The predicted octanol–water partition coefficient (Wildman–Crippen LogP) is 4.44. The van der Waals surface area contributed by atoms with Crippen LogP contribution in [0.5, 0.6) is 11.5 Å². The number of H-pyrrole nitrogens is 1. The summed E-state index contributed by atoms with van der Waals surface area (Å²) in [6.07, 6.45) is 4.70. The molecule has 1 saturated carbocycles. The normalized spacial score (nSPS) is 22.1. The van der Waals surface area contributed by atoms with E-state index in [1.807, 2.05) is 18.3 Å². The SMILES string of the molecule is COc1cc(OC2CN(CCCF)C2)ccc1[C@@H]1c2ccc3[nH]ncc3c2CCN1CC1(F)CC1. The van der Waals surface area contributed by atoms with Gasteiger partial charge in [0.1, 0.15) is 23.3 Å². The van der Waals surface area contributed by atoms with Gasteiger partial charge >= 0.3 is 0 Å². The Balaban J connectivity index is 1.30. The van der Waals surface area contributed by atoms with E-state index in [9.17, 15) is 8.78 Å². The second kappa shape index (κ2) is 9.06. The van der Waals surface area contributed by atoms with Gasteiger partial charge in [-0.2, -0.15) is 5.10 Å². The summed E-state index contributed by atoms with van der Waals surface area (Å²) < 4.78 is 39.4. The van der Waals surface area contributed by atoms with Crippen molar-refractivity contribution in [1.82, 2.24) is 20.0 Å². The number of fused-ring (bicyclic) bond motifs is 3. The number of rotatable bonds is 9. The highest BCUT2D eigenvalue weighted by molar-refractivity contribution is 5.83. The number of likely N-dealkylation sites (tertiary alicyclic amines) is 1. The zero-order chi connectivity index (χ0) is 24.0. The lowest BCUT2D eigenvalue weighted by Crippen LogP contribution is -2.53. The van der Waals surface area contributed by atoms with E-state index in [-0.39, 0.29) is 18.8 Å². The van der Waals surface area contributed by atoms with Gasteiger partial charge in [0.15, 0.2) is 0 Å². The first kappa shape index (κ1) is 22.7. The Hall–Kier alpha value is -2.71. The smallest absolute Gasteiger partial charge is 0.127 e. The van der Waals surface area contributed by atoms with Crippen molar-refractivity contribution in [3.05, 3.63) is 53.2 Å². The van der Waals surface area contributed by atoms with E-state index in [0.717, 1.165) is 60.6 Å². The van der Waals surface area contributed by atoms with Gasteiger partial charge < -0.3 is 9.47 Å². The quantitative estimate of drug-likeness (QED) is 0.489. The Morgan fingerprint density at radius 1 is 1.17 bits per heavy atom. The molecule has 2 fully saturated rings. The van der Waals surface area contributed by atoms with Crippen LogP contribution in [0.1, 0.15) is 42.0 Å². The van der Waals surface area contributed by atoms with Gasteiger partial charge in [0, 0.05) is 49.7 Å². The lowest BCUT2D eigenvalue weighted by atomic mass is 9.85. The summed E-state index contributed by atoms with van der Waals surface area (Å²) in [5, 5.41) is 8.45. The van der Waals surface area contributed by atoms with E-state index in [1.54, 1.807) is 7.11 Å². The minimum absolute atomic E-state index is 0.102. The third-order valence-corrected chi connectivity index (χ3v) is 7.69. The van der Waals surface area contributed by atoms with Crippen molar-refractivity contribution in [2.24, 2.45) is 0 Å². The summed E-state index contributed by atoms with van der Waals surface area (Å²) in [5.41, 5.74) is 3.42. The number of alkyl halides is 2. The molecule has 2 aromatic carbocycles. The number of hydrogen-bond acceptors (Lipinski definition) is 5. The van der Waals surface area contributed by atoms with Crippen LogP contribution >= 0.6 is 0 Å². The van der Waals surface area contributed by atoms with Crippen LogP contribution in [0, 0.1) is 0 Å². The van der Waals surface area contributed by atoms with Crippen LogP contribution in [0.4, 0.5) is 8.78 Å². The van der Waals surface area contributed by atoms with Gasteiger partial charge in [0.25, 0.3) is 0 Å². The van der Waals surface area contributed by atoms with E-state index in [4.69, 9.17) is 9.47 Å². The first-order valence-corrected chi connectivity index (χ1v) is 12.6. The topological polar surface area (TPSA) is 53.6 Å². The lowest BCUT2D eigenvalue weighted by Gasteiger charge is -2.40. The van der Waals surface area contributed by atoms with Crippen LogP contribution in [0.25, 0.3) is 10.9 Å². The summed E-state index contributed by atoms with van der Waals surface area (Å²) in [6, 6.07) is 10.1. The van der Waals surface area contributed by atoms with Gasteiger partial charge in [0.2, 0.25) is 0 Å².